The Balaban J connectivity index is 1.91. The van der Waals surface area contributed by atoms with E-state index in [4.69, 9.17) is 5.73 Å². The second kappa shape index (κ2) is 5.31. The van der Waals surface area contributed by atoms with Crippen LogP contribution in [0.15, 0.2) is 47.8 Å². The summed E-state index contributed by atoms with van der Waals surface area (Å²) in [5.74, 6) is -1.13. The normalized spacial score (nSPS) is 12.8. The quantitative estimate of drug-likeness (QED) is 0.758. The highest BCUT2D eigenvalue weighted by Gasteiger charge is 2.13. The number of benzene rings is 2. The zero-order valence-corrected chi connectivity index (χ0v) is 11.5. The molecule has 2 aromatic carbocycles. The molecule has 0 aliphatic carbocycles. The van der Waals surface area contributed by atoms with Crippen LogP contribution in [0.3, 0.4) is 0 Å². The molecule has 2 N–H and O–H groups in total. The fraction of sp³-hybridized carbons (Fsp3) is 0.125. The molecular formula is C16H13F2NS. The van der Waals surface area contributed by atoms with Crippen LogP contribution in [0.5, 0.6) is 0 Å². The Morgan fingerprint density at radius 1 is 1.05 bits per heavy atom. The third-order valence-electron chi connectivity index (χ3n) is 3.29. The molecule has 4 heteroatoms. The molecule has 3 rings (SSSR count). The van der Waals surface area contributed by atoms with E-state index in [1.165, 1.54) is 16.8 Å². The topological polar surface area (TPSA) is 26.0 Å². The van der Waals surface area contributed by atoms with Gasteiger partial charge in [-0.25, -0.2) is 8.78 Å². The summed E-state index contributed by atoms with van der Waals surface area (Å²) >= 11 is 1.63. The molecule has 102 valence electrons. The Kier molecular flexibility index (Phi) is 3.51. The van der Waals surface area contributed by atoms with Crippen LogP contribution in [0.2, 0.25) is 0 Å². The van der Waals surface area contributed by atoms with Crippen molar-refractivity contribution in [3.63, 3.8) is 0 Å². The van der Waals surface area contributed by atoms with Crippen LogP contribution in [0.4, 0.5) is 8.78 Å². The Bertz CT molecular complexity index is 731. The zero-order valence-electron chi connectivity index (χ0n) is 10.6. The summed E-state index contributed by atoms with van der Waals surface area (Å²) in [6.07, 6.45) is 0.412. The molecule has 1 aromatic heterocycles. The first-order valence-electron chi connectivity index (χ1n) is 6.30. The maximum absolute atomic E-state index is 13.2. The fourth-order valence-electron chi connectivity index (χ4n) is 2.38. The van der Waals surface area contributed by atoms with Crippen molar-refractivity contribution in [2.75, 3.05) is 0 Å². The molecule has 0 aliphatic rings. The largest absolute Gasteiger partial charge is 0.324 e. The van der Waals surface area contributed by atoms with E-state index in [-0.39, 0.29) is 6.04 Å². The predicted octanol–water partition coefficient (Wildman–Crippen LogP) is 4.42. The molecule has 1 heterocycles. The van der Waals surface area contributed by atoms with Gasteiger partial charge in [-0.1, -0.05) is 18.2 Å². The number of thiophene rings is 1. The summed E-state index contributed by atoms with van der Waals surface area (Å²) in [6, 6.07) is 11.3. The SMILES string of the molecule is NC(Cc1cc(F)cc(F)c1)c1csc2ccccc12. The van der Waals surface area contributed by atoms with Gasteiger partial charge in [0, 0.05) is 16.8 Å². The number of nitrogens with two attached hydrogens (primary N) is 1. The number of hydrogen-bond donors (Lipinski definition) is 1. The average Bonchev–Trinajstić information content (AvgIpc) is 2.81. The molecule has 0 saturated carbocycles. The number of fused-ring (bicyclic) bond motifs is 1. The number of rotatable bonds is 3. The van der Waals surface area contributed by atoms with Crippen molar-refractivity contribution >= 4 is 21.4 Å². The van der Waals surface area contributed by atoms with Gasteiger partial charge in [-0.3, -0.25) is 0 Å². The van der Waals surface area contributed by atoms with E-state index in [2.05, 4.69) is 0 Å². The van der Waals surface area contributed by atoms with Gasteiger partial charge in [0.15, 0.2) is 0 Å². The first kappa shape index (κ1) is 13.2. The van der Waals surface area contributed by atoms with Crippen LogP contribution in [-0.4, -0.2) is 0 Å². The van der Waals surface area contributed by atoms with Gasteiger partial charge in [-0.15, -0.1) is 11.3 Å². The molecule has 1 nitrogen and oxygen atoms in total. The standard InChI is InChI=1S/C16H13F2NS/c17-11-5-10(6-12(18)8-11)7-15(19)14-9-20-16-4-2-1-3-13(14)16/h1-6,8-9,15H,7,19H2. The van der Waals surface area contributed by atoms with Crippen molar-refractivity contribution in [1.82, 2.24) is 0 Å². The smallest absolute Gasteiger partial charge is 0.126 e. The van der Waals surface area contributed by atoms with Gasteiger partial charge in [0.1, 0.15) is 11.6 Å². The van der Waals surface area contributed by atoms with Crippen LogP contribution in [0.1, 0.15) is 17.2 Å². The van der Waals surface area contributed by atoms with Crippen LogP contribution >= 0.6 is 11.3 Å². The summed E-state index contributed by atoms with van der Waals surface area (Å²) in [6.45, 7) is 0. The summed E-state index contributed by atoms with van der Waals surface area (Å²) in [4.78, 5) is 0. The minimum atomic E-state index is -0.567. The van der Waals surface area contributed by atoms with E-state index in [0.29, 0.717) is 12.0 Å². The van der Waals surface area contributed by atoms with Crippen molar-refractivity contribution in [2.45, 2.75) is 12.5 Å². The highest BCUT2D eigenvalue weighted by molar-refractivity contribution is 7.17. The van der Waals surface area contributed by atoms with Crippen molar-refractivity contribution in [2.24, 2.45) is 5.73 Å². The van der Waals surface area contributed by atoms with E-state index in [9.17, 15) is 8.78 Å². The van der Waals surface area contributed by atoms with E-state index in [1.54, 1.807) is 11.3 Å². The molecule has 1 unspecified atom stereocenters. The maximum atomic E-state index is 13.2. The Labute approximate surface area is 119 Å². The van der Waals surface area contributed by atoms with Crippen LogP contribution < -0.4 is 5.73 Å². The predicted molar refractivity (Wildman–Crippen MR) is 78.8 cm³/mol. The summed E-state index contributed by atoms with van der Waals surface area (Å²) in [5, 5.41) is 3.13. The van der Waals surface area contributed by atoms with Gasteiger partial charge in [-0.2, -0.15) is 0 Å². The van der Waals surface area contributed by atoms with Gasteiger partial charge in [0.2, 0.25) is 0 Å². The van der Waals surface area contributed by atoms with Gasteiger partial charge >= 0.3 is 0 Å². The third kappa shape index (κ3) is 2.57. The number of halogens is 2. The first-order valence-corrected chi connectivity index (χ1v) is 7.18. The summed E-state index contributed by atoms with van der Waals surface area (Å²) < 4.78 is 27.6. The Morgan fingerprint density at radius 2 is 1.75 bits per heavy atom. The summed E-state index contributed by atoms with van der Waals surface area (Å²) in [7, 11) is 0. The van der Waals surface area contributed by atoms with E-state index < -0.39 is 11.6 Å². The zero-order chi connectivity index (χ0) is 14.1. The number of hydrogen-bond acceptors (Lipinski definition) is 2. The molecular weight excluding hydrogens is 276 g/mol. The molecule has 3 aromatic rings. The van der Waals surface area contributed by atoms with Gasteiger partial charge < -0.3 is 5.73 Å². The van der Waals surface area contributed by atoms with Crippen LogP contribution in [-0.2, 0) is 6.42 Å². The van der Waals surface area contributed by atoms with E-state index in [0.717, 1.165) is 17.0 Å². The Hall–Kier alpha value is -1.78. The average molecular weight is 289 g/mol. The van der Waals surface area contributed by atoms with Gasteiger partial charge in [-0.05, 0) is 46.5 Å². The van der Waals surface area contributed by atoms with Crippen molar-refractivity contribution < 1.29 is 8.78 Å². The second-order valence-electron chi connectivity index (χ2n) is 4.78. The lowest BCUT2D eigenvalue weighted by atomic mass is 9.99. The minimum absolute atomic E-state index is 0.271. The molecule has 20 heavy (non-hydrogen) atoms. The van der Waals surface area contributed by atoms with Gasteiger partial charge in [0.05, 0.1) is 0 Å². The van der Waals surface area contributed by atoms with Crippen LogP contribution in [0.25, 0.3) is 10.1 Å². The van der Waals surface area contributed by atoms with Crippen molar-refractivity contribution in [3.05, 3.63) is 70.6 Å². The summed E-state index contributed by atoms with van der Waals surface area (Å²) in [5.41, 5.74) is 7.80. The molecule has 0 bridgehead atoms. The lowest BCUT2D eigenvalue weighted by Gasteiger charge is -2.11. The maximum Gasteiger partial charge on any atom is 0.126 e. The first-order chi connectivity index (χ1) is 9.63. The molecule has 0 saturated heterocycles. The van der Waals surface area contributed by atoms with Crippen molar-refractivity contribution in [1.29, 1.82) is 0 Å². The lowest BCUT2D eigenvalue weighted by Crippen LogP contribution is -2.13. The third-order valence-corrected chi connectivity index (χ3v) is 4.27. The monoisotopic (exact) mass is 289 g/mol. The van der Waals surface area contributed by atoms with Gasteiger partial charge in [0.25, 0.3) is 0 Å². The fourth-order valence-corrected chi connectivity index (χ4v) is 3.40. The van der Waals surface area contributed by atoms with Crippen LogP contribution in [0, 0.1) is 11.6 Å². The molecule has 0 amide bonds. The Morgan fingerprint density at radius 3 is 2.50 bits per heavy atom. The highest BCUT2D eigenvalue weighted by Crippen LogP contribution is 2.30. The van der Waals surface area contributed by atoms with E-state index in [1.807, 2.05) is 29.6 Å². The molecule has 0 fully saturated rings. The molecule has 1 atom stereocenters. The van der Waals surface area contributed by atoms with Crippen molar-refractivity contribution in [3.8, 4) is 0 Å². The molecule has 0 aliphatic heterocycles. The minimum Gasteiger partial charge on any atom is -0.324 e. The lowest BCUT2D eigenvalue weighted by molar-refractivity contribution is 0.576. The molecule has 0 radical (unpaired) electrons. The molecule has 0 spiro atoms. The van der Waals surface area contributed by atoms with E-state index >= 15 is 0 Å². The highest BCUT2D eigenvalue weighted by atomic mass is 32.1. The second-order valence-corrected chi connectivity index (χ2v) is 5.69.